The van der Waals surface area contributed by atoms with Crippen LogP contribution in [-0.4, -0.2) is 18.5 Å². The van der Waals surface area contributed by atoms with Gasteiger partial charge in [-0.3, -0.25) is 10.2 Å². The normalized spacial score (nSPS) is 18.2. The van der Waals surface area contributed by atoms with Gasteiger partial charge in [-0.2, -0.15) is 5.26 Å². The van der Waals surface area contributed by atoms with Crippen LogP contribution in [0.2, 0.25) is 5.02 Å². The minimum absolute atomic E-state index is 0.197. The Morgan fingerprint density at radius 3 is 3.00 bits per heavy atom. The quantitative estimate of drug-likeness (QED) is 0.488. The number of rotatable bonds is 2. The first-order chi connectivity index (χ1) is 9.10. The third-order valence-corrected chi connectivity index (χ3v) is 3.97. The van der Waals surface area contributed by atoms with E-state index in [1.807, 2.05) is 24.0 Å². The summed E-state index contributed by atoms with van der Waals surface area (Å²) in [4.78, 5) is 13.7. The number of nitrogens with zero attached hydrogens (tertiary/aromatic N) is 2. The number of anilines is 1. The molecular formula is C13H15ClN4O. The van der Waals surface area contributed by atoms with Gasteiger partial charge in [0.2, 0.25) is 0 Å². The smallest absolute Gasteiger partial charge is 0.256 e. The topological polar surface area (TPSA) is 82.2 Å². The largest absolute Gasteiger partial charge is 0.359 e. The summed E-state index contributed by atoms with van der Waals surface area (Å²) in [6, 6.07) is 5.29. The highest BCUT2D eigenvalue weighted by atomic mass is 35.5. The van der Waals surface area contributed by atoms with E-state index < -0.39 is 0 Å². The number of carbonyl (C=O) groups excluding carboxylic acids is 1. The number of nitrogens with two attached hydrogens (primary N) is 1. The van der Waals surface area contributed by atoms with Crippen LogP contribution in [0.15, 0.2) is 12.1 Å². The highest BCUT2D eigenvalue weighted by Gasteiger charge is 2.31. The number of hydrogen-bond donors (Lipinski definition) is 2. The Morgan fingerprint density at radius 2 is 2.37 bits per heavy atom. The lowest BCUT2D eigenvalue weighted by atomic mass is 10.1. The maximum atomic E-state index is 11.8. The van der Waals surface area contributed by atoms with Crippen molar-refractivity contribution in [3.05, 3.63) is 28.3 Å². The number of nitriles is 1. The Kier molecular flexibility index (Phi) is 3.93. The fourth-order valence-electron chi connectivity index (χ4n) is 2.50. The number of hydrogen-bond acceptors (Lipinski definition) is 4. The lowest BCUT2D eigenvalue weighted by Crippen LogP contribution is -2.46. The van der Waals surface area contributed by atoms with Crippen LogP contribution in [0.1, 0.15) is 24.0 Å². The first-order valence-corrected chi connectivity index (χ1v) is 6.44. The van der Waals surface area contributed by atoms with Gasteiger partial charge in [0.15, 0.2) is 0 Å². The SMILES string of the molecule is Cc1c(N2CCCC2C(=O)NN)ccc(C#N)c1Cl. The van der Waals surface area contributed by atoms with Crippen molar-refractivity contribution in [2.75, 3.05) is 11.4 Å². The van der Waals surface area contributed by atoms with E-state index in [0.29, 0.717) is 10.6 Å². The van der Waals surface area contributed by atoms with Crippen LogP contribution < -0.4 is 16.2 Å². The van der Waals surface area contributed by atoms with Crippen molar-refractivity contribution in [3.8, 4) is 6.07 Å². The molecule has 0 saturated carbocycles. The van der Waals surface area contributed by atoms with E-state index in [4.69, 9.17) is 22.7 Å². The summed E-state index contributed by atoms with van der Waals surface area (Å²) >= 11 is 6.16. The molecule has 0 spiro atoms. The maximum Gasteiger partial charge on any atom is 0.256 e. The molecule has 100 valence electrons. The zero-order chi connectivity index (χ0) is 14.0. The second-order valence-corrected chi connectivity index (χ2v) is 4.92. The third-order valence-electron chi connectivity index (χ3n) is 3.49. The summed E-state index contributed by atoms with van der Waals surface area (Å²) in [6.45, 7) is 2.63. The molecule has 0 radical (unpaired) electrons. The molecular weight excluding hydrogens is 264 g/mol. The molecule has 0 bridgehead atoms. The van der Waals surface area contributed by atoms with E-state index in [2.05, 4.69) is 5.43 Å². The van der Waals surface area contributed by atoms with Gasteiger partial charge in [-0.05, 0) is 37.5 Å². The Balaban J connectivity index is 2.40. The molecule has 0 aliphatic carbocycles. The molecule has 1 unspecified atom stereocenters. The molecule has 19 heavy (non-hydrogen) atoms. The van der Waals surface area contributed by atoms with E-state index in [0.717, 1.165) is 30.6 Å². The van der Waals surface area contributed by atoms with Crippen molar-refractivity contribution in [1.29, 1.82) is 5.26 Å². The third kappa shape index (κ3) is 2.37. The minimum atomic E-state index is -0.271. The molecule has 5 nitrogen and oxygen atoms in total. The molecule has 1 atom stereocenters. The number of nitrogens with one attached hydrogen (secondary N) is 1. The summed E-state index contributed by atoms with van der Waals surface area (Å²) < 4.78 is 0. The van der Waals surface area contributed by atoms with Gasteiger partial charge in [-0.25, -0.2) is 5.84 Å². The first-order valence-electron chi connectivity index (χ1n) is 6.06. The van der Waals surface area contributed by atoms with Gasteiger partial charge in [0, 0.05) is 12.2 Å². The summed E-state index contributed by atoms with van der Waals surface area (Å²) in [7, 11) is 0. The number of carbonyl (C=O) groups is 1. The molecule has 6 heteroatoms. The lowest BCUT2D eigenvalue weighted by molar-refractivity contribution is -0.122. The average molecular weight is 279 g/mol. The summed E-state index contributed by atoms with van der Waals surface area (Å²) in [5.41, 5.74) is 4.35. The van der Waals surface area contributed by atoms with Gasteiger partial charge in [0.1, 0.15) is 12.1 Å². The standard InChI is InChI=1S/C13H15ClN4O/c1-8-10(5-4-9(7-15)12(8)14)18-6-2-3-11(18)13(19)17-16/h4-5,11H,2-3,6,16H2,1H3,(H,17,19). The highest BCUT2D eigenvalue weighted by Crippen LogP contribution is 2.33. The van der Waals surface area contributed by atoms with Crippen molar-refractivity contribution in [1.82, 2.24) is 5.43 Å². The van der Waals surface area contributed by atoms with Gasteiger partial charge in [-0.1, -0.05) is 11.6 Å². The van der Waals surface area contributed by atoms with Crippen molar-refractivity contribution >= 4 is 23.2 Å². The van der Waals surface area contributed by atoms with Crippen molar-refractivity contribution in [2.24, 2.45) is 5.84 Å². The zero-order valence-corrected chi connectivity index (χ0v) is 11.4. The van der Waals surface area contributed by atoms with E-state index >= 15 is 0 Å². The molecule has 1 fully saturated rings. The number of benzene rings is 1. The van der Waals surface area contributed by atoms with Crippen LogP contribution in [0.3, 0.4) is 0 Å². The van der Waals surface area contributed by atoms with Crippen molar-refractivity contribution < 1.29 is 4.79 Å². The Labute approximate surface area is 116 Å². The second kappa shape index (κ2) is 5.47. The molecule has 1 heterocycles. The van der Waals surface area contributed by atoms with Gasteiger partial charge in [0.25, 0.3) is 5.91 Å². The first kappa shape index (κ1) is 13.7. The summed E-state index contributed by atoms with van der Waals surface area (Å²) in [6.07, 6.45) is 1.69. The fraction of sp³-hybridized carbons (Fsp3) is 0.385. The molecule has 1 aliphatic heterocycles. The second-order valence-electron chi connectivity index (χ2n) is 4.54. The molecule has 1 aliphatic rings. The van der Waals surface area contributed by atoms with Gasteiger partial charge >= 0.3 is 0 Å². The Bertz CT molecular complexity index is 552. The maximum absolute atomic E-state index is 11.8. The molecule has 0 aromatic heterocycles. The van der Waals surface area contributed by atoms with E-state index in [1.54, 1.807) is 6.07 Å². The molecule has 1 aromatic rings. The fourth-order valence-corrected chi connectivity index (χ4v) is 2.70. The van der Waals surface area contributed by atoms with Gasteiger partial charge in [-0.15, -0.1) is 0 Å². The van der Waals surface area contributed by atoms with E-state index in [1.165, 1.54) is 0 Å². The molecule has 3 N–H and O–H groups in total. The number of amides is 1. The van der Waals surface area contributed by atoms with Crippen LogP contribution >= 0.6 is 11.6 Å². The predicted molar refractivity (Wildman–Crippen MR) is 73.6 cm³/mol. The number of hydrazine groups is 1. The number of halogens is 1. The minimum Gasteiger partial charge on any atom is -0.359 e. The van der Waals surface area contributed by atoms with Crippen molar-refractivity contribution in [3.63, 3.8) is 0 Å². The summed E-state index contributed by atoms with van der Waals surface area (Å²) in [5.74, 6) is 5.01. The molecule has 2 rings (SSSR count). The molecule has 1 saturated heterocycles. The van der Waals surface area contributed by atoms with Crippen molar-refractivity contribution in [2.45, 2.75) is 25.8 Å². The Hall–Kier alpha value is -1.77. The molecule has 1 aromatic carbocycles. The zero-order valence-electron chi connectivity index (χ0n) is 10.6. The van der Waals surface area contributed by atoms with Crippen LogP contribution in [0, 0.1) is 18.3 Å². The average Bonchev–Trinajstić information content (AvgIpc) is 2.90. The predicted octanol–water partition coefficient (Wildman–Crippen LogP) is 1.48. The Morgan fingerprint density at radius 1 is 1.63 bits per heavy atom. The van der Waals surface area contributed by atoms with Gasteiger partial charge < -0.3 is 4.90 Å². The van der Waals surface area contributed by atoms with Gasteiger partial charge in [0.05, 0.1) is 10.6 Å². The monoisotopic (exact) mass is 278 g/mol. The van der Waals surface area contributed by atoms with Crippen LogP contribution in [-0.2, 0) is 4.79 Å². The van der Waals surface area contributed by atoms with Crippen LogP contribution in [0.25, 0.3) is 0 Å². The van der Waals surface area contributed by atoms with Crippen LogP contribution in [0.4, 0.5) is 5.69 Å². The van der Waals surface area contributed by atoms with Crippen LogP contribution in [0.5, 0.6) is 0 Å². The van der Waals surface area contributed by atoms with E-state index in [9.17, 15) is 4.79 Å². The summed E-state index contributed by atoms with van der Waals surface area (Å²) in [5, 5.41) is 9.39. The lowest BCUT2D eigenvalue weighted by Gasteiger charge is -2.27. The molecule has 1 amide bonds. The van der Waals surface area contributed by atoms with E-state index in [-0.39, 0.29) is 11.9 Å². The highest BCUT2D eigenvalue weighted by molar-refractivity contribution is 6.32.